The number of fused-ring (bicyclic) bond motifs is 1. The molecule has 0 bridgehead atoms. The van der Waals surface area contributed by atoms with E-state index in [0.29, 0.717) is 17.5 Å². The van der Waals surface area contributed by atoms with Crippen molar-refractivity contribution in [3.8, 4) is 0 Å². The maximum absolute atomic E-state index is 13.5. The smallest absolute Gasteiger partial charge is 0.326 e. The van der Waals surface area contributed by atoms with E-state index < -0.39 is 22.5 Å². The van der Waals surface area contributed by atoms with Crippen LogP contribution in [0.2, 0.25) is 10.0 Å². The van der Waals surface area contributed by atoms with Gasteiger partial charge in [0.2, 0.25) is 0 Å². The van der Waals surface area contributed by atoms with Crippen molar-refractivity contribution in [1.82, 2.24) is 0 Å². The Kier molecular flexibility index (Phi) is 7.23. The van der Waals surface area contributed by atoms with Gasteiger partial charge < -0.3 is 4.74 Å². The fourth-order valence-corrected chi connectivity index (χ4v) is 5.18. The molecule has 3 aromatic rings. The van der Waals surface area contributed by atoms with E-state index >= 15 is 0 Å². The van der Waals surface area contributed by atoms with Crippen LogP contribution in [0.4, 0.5) is 5.69 Å². The van der Waals surface area contributed by atoms with Gasteiger partial charge in [-0.05, 0) is 36.1 Å². The van der Waals surface area contributed by atoms with Crippen molar-refractivity contribution in [2.75, 3.05) is 17.5 Å². The van der Waals surface area contributed by atoms with Crippen molar-refractivity contribution in [1.29, 1.82) is 0 Å². The Morgan fingerprint density at radius 1 is 1.00 bits per heavy atom. The first kappa shape index (κ1) is 22.4. The Morgan fingerprint density at radius 3 is 2.37 bits per heavy atom. The molecular formula is C22H21Cl2NO4S. The molecule has 0 aliphatic carbocycles. The van der Waals surface area contributed by atoms with Gasteiger partial charge >= 0.3 is 5.97 Å². The number of carbonyl (C=O) groups excluding carboxylic acids is 1. The minimum absolute atomic E-state index is 0.103. The van der Waals surface area contributed by atoms with Crippen molar-refractivity contribution in [2.45, 2.75) is 24.7 Å². The second-order valence-electron chi connectivity index (χ2n) is 6.69. The number of sulfonamides is 1. The number of carbonyl (C=O) groups is 1. The van der Waals surface area contributed by atoms with Crippen LogP contribution in [0.25, 0.3) is 10.8 Å². The highest BCUT2D eigenvalue weighted by Crippen LogP contribution is 2.32. The topological polar surface area (TPSA) is 63.7 Å². The maximum atomic E-state index is 13.5. The average Bonchev–Trinajstić information content (AvgIpc) is 2.71. The predicted molar refractivity (Wildman–Crippen MR) is 121 cm³/mol. The summed E-state index contributed by atoms with van der Waals surface area (Å²) in [6, 6.07) is 16.7. The van der Waals surface area contributed by atoms with E-state index in [0.717, 1.165) is 16.1 Å². The SMILES string of the molecule is CCCCOC(=O)CN(c1cccc2ccccc12)S(=O)(=O)c1cc(Cl)cc(Cl)c1. The molecule has 0 radical (unpaired) electrons. The highest BCUT2D eigenvalue weighted by atomic mass is 35.5. The fourth-order valence-electron chi connectivity index (χ4n) is 3.02. The van der Waals surface area contributed by atoms with Crippen LogP contribution in [0, 0.1) is 0 Å². The Hall–Kier alpha value is -2.28. The van der Waals surface area contributed by atoms with Gasteiger partial charge in [-0.25, -0.2) is 8.42 Å². The van der Waals surface area contributed by atoms with Crippen molar-refractivity contribution in [2.24, 2.45) is 0 Å². The lowest BCUT2D eigenvalue weighted by atomic mass is 10.1. The molecule has 5 nitrogen and oxygen atoms in total. The molecule has 0 amide bonds. The van der Waals surface area contributed by atoms with Crippen molar-refractivity contribution >= 4 is 55.7 Å². The zero-order valence-corrected chi connectivity index (χ0v) is 18.7. The first-order valence-corrected chi connectivity index (χ1v) is 11.6. The lowest BCUT2D eigenvalue weighted by Gasteiger charge is -2.25. The van der Waals surface area contributed by atoms with Gasteiger partial charge in [-0.1, -0.05) is 72.9 Å². The quantitative estimate of drug-likeness (QED) is 0.316. The largest absolute Gasteiger partial charge is 0.464 e. The summed E-state index contributed by atoms with van der Waals surface area (Å²) in [5, 5.41) is 1.91. The van der Waals surface area contributed by atoms with E-state index in [2.05, 4.69) is 0 Å². The highest BCUT2D eigenvalue weighted by Gasteiger charge is 2.29. The van der Waals surface area contributed by atoms with Gasteiger partial charge in [0.05, 0.1) is 17.2 Å². The molecular weight excluding hydrogens is 445 g/mol. The third-order valence-electron chi connectivity index (χ3n) is 4.49. The van der Waals surface area contributed by atoms with Crippen LogP contribution in [0.15, 0.2) is 65.6 Å². The van der Waals surface area contributed by atoms with E-state index in [1.54, 1.807) is 18.2 Å². The molecule has 0 N–H and O–H groups in total. The molecule has 3 aromatic carbocycles. The number of halogens is 2. The number of hydrogen-bond acceptors (Lipinski definition) is 4. The molecule has 30 heavy (non-hydrogen) atoms. The van der Waals surface area contributed by atoms with Crippen LogP contribution in [0.1, 0.15) is 19.8 Å². The van der Waals surface area contributed by atoms with Gasteiger partial charge in [0.15, 0.2) is 0 Å². The van der Waals surface area contributed by atoms with Crippen LogP contribution >= 0.6 is 23.2 Å². The first-order chi connectivity index (χ1) is 14.3. The van der Waals surface area contributed by atoms with Crippen molar-refractivity contribution in [3.63, 3.8) is 0 Å². The normalized spacial score (nSPS) is 11.4. The third kappa shape index (κ3) is 5.06. The fraction of sp³-hybridized carbons (Fsp3) is 0.227. The van der Waals surface area contributed by atoms with E-state index in [4.69, 9.17) is 27.9 Å². The summed E-state index contributed by atoms with van der Waals surface area (Å²) >= 11 is 12.1. The molecule has 0 saturated heterocycles. The number of anilines is 1. The molecule has 8 heteroatoms. The molecule has 0 aromatic heterocycles. The number of hydrogen-bond donors (Lipinski definition) is 0. The summed E-state index contributed by atoms with van der Waals surface area (Å²) in [7, 11) is -4.15. The molecule has 158 valence electrons. The van der Waals surface area contributed by atoms with E-state index in [9.17, 15) is 13.2 Å². The van der Waals surface area contributed by atoms with Gasteiger partial charge in [-0.15, -0.1) is 0 Å². The summed E-state index contributed by atoms with van der Waals surface area (Å²) < 4.78 is 33.4. The third-order valence-corrected chi connectivity index (χ3v) is 6.67. The van der Waals surface area contributed by atoms with Gasteiger partial charge in [0.25, 0.3) is 10.0 Å². The Labute approximate surface area is 186 Å². The Balaban J connectivity index is 2.10. The zero-order valence-electron chi connectivity index (χ0n) is 16.3. The minimum Gasteiger partial charge on any atom is -0.464 e. The molecule has 0 unspecified atom stereocenters. The molecule has 0 heterocycles. The van der Waals surface area contributed by atoms with E-state index in [1.807, 2.05) is 31.2 Å². The molecule has 0 saturated carbocycles. The molecule has 3 rings (SSSR count). The summed E-state index contributed by atoms with van der Waals surface area (Å²) in [6.07, 6.45) is 1.57. The van der Waals surface area contributed by atoms with Crippen LogP contribution in [-0.4, -0.2) is 27.5 Å². The standard InChI is InChI=1S/C22H21Cl2NO4S/c1-2-3-11-29-22(26)15-25(21-10-6-8-16-7-4-5-9-20(16)21)30(27,28)19-13-17(23)12-18(24)14-19/h4-10,12-14H,2-3,11,15H2,1H3. The highest BCUT2D eigenvalue weighted by molar-refractivity contribution is 7.92. The second kappa shape index (κ2) is 9.69. The molecule has 0 aliphatic rings. The molecule has 0 fully saturated rings. The van der Waals surface area contributed by atoms with E-state index in [1.165, 1.54) is 18.2 Å². The second-order valence-corrected chi connectivity index (χ2v) is 9.42. The lowest BCUT2D eigenvalue weighted by molar-refractivity contribution is -0.141. The number of unbranched alkanes of at least 4 members (excludes halogenated alkanes) is 1. The summed E-state index contributed by atoms with van der Waals surface area (Å²) in [5.74, 6) is -0.631. The number of rotatable bonds is 8. The minimum atomic E-state index is -4.15. The number of ether oxygens (including phenoxy) is 1. The van der Waals surface area contributed by atoms with Crippen molar-refractivity contribution in [3.05, 3.63) is 70.7 Å². The average molecular weight is 466 g/mol. The number of benzene rings is 3. The number of nitrogens with zero attached hydrogens (tertiary/aromatic N) is 1. The van der Waals surface area contributed by atoms with Crippen LogP contribution in [0.5, 0.6) is 0 Å². The van der Waals surface area contributed by atoms with Crippen LogP contribution < -0.4 is 4.31 Å². The Bertz CT molecular complexity index is 1140. The monoisotopic (exact) mass is 465 g/mol. The molecule has 0 aliphatic heterocycles. The molecule has 0 spiro atoms. The lowest BCUT2D eigenvalue weighted by Crippen LogP contribution is -2.37. The Morgan fingerprint density at radius 2 is 1.67 bits per heavy atom. The zero-order chi connectivity index (χ0) is 21.7. The predicted octanol–water partition coefficient (Wildman–Crippen LogP) is 5.69. The van der Waals surface area contributed by atoms with Crippen LogP contribution in [0.3, 0.4) is 0 Å². The first-order valence-electron chi connectivity index (χ1n) is 9.45. The number of esters is 1. The van der Waals surface area contributed by atoms with Crippen LogP contribution in [-0.2, 0) is 19.6 Å². The van der Waals surface area contributed by atoms with Crippen molar-refractivity contribution < 1.29 is 17.9 Å². The van der Waals surface area contributed by atoms with Gasteiger partial charge in [0.1, 0.15) is 6.54 Å². The maximum Gasteiger partial charge on any atom is 0.326 e. The van der Waals surface area contributed by atoms with E-state index in [-0.39, 0.29) is 21.5 Å². The van der Waals surface area contributed by atoms with Gasteiger partial charge in [0, 0.05) is 15.4 Å². The van der Waals surface area contributed by atoms with Gasteiger partial charge in [-0.2, -0.15) is 0 Å². The summed E-state index contributed by atoms with van der Waals surface area (Å²) in [4.78, 5) is 12.4. The summed E-state index contributed by atoms with van der Waals surface area (Å²) in [5.41, 5.74) is 0.372. The summed E-state index contributed by atoms with van der Waals surface area (Å²) in [6.45, 7) is 1.75. The molecule has 0 atom stereocenters. The van der Waals surface area contributed by atoms with Gasteiger partial charge in [-0.3, -0.25) is 9.10 Å².